The highest BCUT2D eigenvalue weighted by Gasteiger charge is 2.18. The van der Waals surface area contributed by atoms with E-state index < -0.39 is 22.8 Å². The molecule has 0 heterocycles. The quantitative estimate of drug-likeness (QED) is 0.647. The van der Waals surface area contributed by atoms with Crippen LogP contribution in [0.2, 0.25) is 0 Å². The number of nitrogens with zero attached hydrogens (tertiary/aromatic N) is 1. The van der Waals surface area contributed by atoms with Gasteiger partial charge in [0.2, 0.25) is 0 Å². The number of nitrogens with one attached hydrogen (secondary N) is 1. The van der Waals surface area contributed by atoms with Gasteiger partial charge in [-0.05, 0) is 37.3 Å². The highest BCUT2D eigenvalue weighted by atomic mass is 19.1. The van der Waals surface area contributed by atoms with E-state index in [1.807, 2.05) is 0 Å². The molecule has 2 rings (SSSR count). The van der Waals surface area contributed by atoms with Gasteiger partial charge in [0.25, 0.3) is 11.6 Å². The van der Waals surface area contributed by atoms with Crippen LogP contribution in [0.4, 0.5) is 15.8 Å². The van der Waals surface area contributed by atoms with Gasteiger partial charge in [-0.25, -0.2) is 4.39 Å². The molecule has 0 spiro atoms. The predicted molar refractivity (Wildman–Crippen MR) is 84.8 cm³/mol. The Morgan fingerprint density at radius 2 is 1.92 bits per heavy atom. The Bertz CT molecular complexity index is 749. The Morgan fingerprint density at radius 3 is 2.50 bits per heavy atom. The van der Waals surface area contributed by atoms with Crippen LogP contribution in [0, 0.1) is 15.9 Å². The van der Waals surface area contributed by atoms with Crippen LogP contribution in [-0.2, 0) is 4.79 Å². The third kappa shape index (κ3) is 4.19. The van der Waals surface area contributed by atoms with E-state index in [-0.39, 0.29) is 17.1 Å². The standard InChI is InChI=1S/C16H15FN2O5/c1-10(24-13-6-3-11(17)4-7-13)16(20)18-14-8-5-12(19(21)22)9-15(14)23-2/h3-10H,1-2H3,(H,18,20)/t10-/m1/s1. The molecule has 2 aromatic carbocycles. The van der Waals surface area contributed by atoms with Crippen LogP contribution in [0.25, 0.3) is 0 Å². The lowest BCUT2D eigenvalue weighted by atomic mass is 10.2. The summed E-state index contributed by atoms with van der Waals surface area (Å²) >= 11 is 0. The van der Waals surface area contributed by atoms with E-state index in [0.29, 0.717) is 5.75 Å². The van der Waals surface area contributed by atoms with E-state index in [2.05, 4.69) is 5.32 Å². The molecule has 1 atom stereocenters. The lowest BCUT2D eigenvalue weighted by Crippen LogP contribution is -2.30. The van der Waals surface area contributed by atoms with Crippen molar-refractivity contribution in [3.05, 3.63) is 58.4 Å². The summed E-state index contributed by atoms with van der Waals surface area (Å²) in [6, 6.07) is 9.10. The second kappa shape index (κ2) is 7.40. The maximum Gasteiger partial charge on any atom is 0.273 e. The van der Waals surface area contributed by atoms with Crippen molar-refractivity contribution in [3.63, 3.8) is 0 Å². The molecule has 7 nitrogen and oxygen atoms in total. The molecule has 0 radical (unpaired) electrons. The highest BCUT2D eigenvalue weighted by molar-refractivity contribution is 5.95. The zero-order chi connectivity index (χ0) is 17.7. The molecular weight excluding hydrogens is 319 g/mol. The zero-order valence-electron chi connectivity index (χ0n) is 13.0. The fraction of sp³-hybridized carbons (Fsp3) is 0.188. The van der Waals surface area contributed by atoms with Crippen molar-refractivity contribution in [2.45, 2.75) is 13.0 Å². The van der Waals surface area contributed by atoms with Gasteiger partial charge in [-0.1, -0.05) is 0 Å². The maximum absolute atomic E-state index is 12.8. The van der Waals surface area contributed by atoms with Gasteiger partial charge in [-0.3, -0.25) is 14.9 Å². The molecule has 0 unspecified atom stereocenters. The number of benzene rings is 2. The normalized spacial score (nSPS) is 11.5. The van der Waals surface area contributed by atoms with Crippen LogP contribution in [-0.4, -0.2) is 24.0 Å². The molecule has 126 valence electrons. The molecular formula is C16H15FN2O5. The number of hydrogen-bond donors (Lipinski definition) is 1. The van der Waals surface area contributed by atoms with Crippen molar-refractivity contribution in [1.29, 1.82) is 0 Å². The molecule has 2 aromatic rings. The van der Waals surface area contributed by atoms with Gasteiger partial charge < -0.3 is 14.8 Å². The highest BCUT2D eigenvalue weighted by Crippen LogP contribution is 2.29. The Hall–Kier alpha value is -3.16. The molecule has 0 saturated carbocycles. The van der Waals surface area contributed by atoms with Crippen LogP contribution >= 0.6 is 0 Å². The van der Waals surface area contributed by atoms with Crippen molar-refractivity contribution >= 4 is 17.3 Å². The lowest BCUT2D eigenvalue weighted by Gasteiger charge is -2.16. The Labute approximate surface area is 137 Å². The smallest absolute Gasteiger partial charge is 0.273 e. The number of carbonyl (C=O) groups is 1. The average Bonchev–Trinajstić information content (AvgIpc) is 2.56. The number of hydrogen-bond acceptors (Lipinski definition) is 5. The third-order valence-corrected chi connectivity index (χ3v) is 3.15. The van der Waals surface area contributed by atoms with Crippen LogP contribution in [0.1, 0.15) is 6.92 Å². The number of nitro benzene ring substituents is 1. The summed E-state index contributed by atoms with van der Waals surface area (Å²) in [5, 5.41) is 13.3. The minimum absolute atomic E-state index is 0.152. The van der Waals surface area contributed by atoms with E-state index in [0.717, 1.165) is 0 Å². The zero-order valence-corrected chi connectivity index (χ0v) is 13.0. The van der Waals surface area contributed by atoms with Gasteiger partial charge in [-0.2, -0.15) is 0 Å². The summed E-state index contributed by atoms with van der Waals surface area (Å²) in [5.74, 6) is -0.386. The van der Waals surface area contributed by atoms with Crippen molar-refractivity contribution in [1.82, 2.24) is 0 Å². The van der Waals surface area contributed by atoms with Crippen LogP contribution in [0.15, 0.2) is 42.5 Å². The first-order chi connectivity index (χ1) is 11.4. The average molecular weight is 334 g/mol. The predicted octanol–water partition coefficient (Wildman–Crippen LogP) is 3.15. The molecule has 24 heavy (non-hydrogen) atoms. The van der Waals surface area contributed by atoms with Crippen molar-refractivity contribution in [2.24, 2.45) is 0 Å². The van der Waals surface area contributed by atoms with Crippen molar-refractivity contribution in [3.8, 4) is 11.5 Å². The number of rotatable bonds is 6. The molecule has 0 aliphatic rings. The third-order valence-electron chi connectivity index (χ3n) is 3.15. The molecule has 1 N–H and O–H groups in total. The van der Waals surface area contributed by atoms with Crippen LogP contribution in [0.5, 0.6) is 11.5 Å². The monoisotopic (exact) mass is 334 g/mol. The van der Waals surface area contributed by atoms with E-state index >= 15 is 0 Å². The number of ether oxygens (including phenoxy) is 2. The minimum Gasteiger partial charge on any atom is -0.494 e. The minimum atomic E-state index is -0.865. The summed E-state index contributed by atoms with van der Waals surface area (Å²) < 4.78 is 23.3. The number of non-ortho nitro benzene ring substituents is 1. The molecule has 1 amide bonds. The number of halogens is 1. The number of amides is 1. The Balaban J connectivity index is 2.08. The van der Waals surface area contributed by atoms with Gasteiger partial charge in [0.1, 0.15) is 17.3 Å². The first-order valence-corrected chi connectivity index (χ1v) is 6.96. The Morgan fingerprint density at radius 1 is 1.25 bits per heavy atom. The van der Waals surface area contributed by atoms with Gasteiger partial charge in [-0.15, -0.1) is 0 Å². The molecule has 0 saturated heterocycles. The first kappa shape index (κ1) is 17.2. The maximum atomic E-state index is 12.8. The second-order valence-electron chi connectivity index (χ2n) is 4.84. The number of nitro groups is 1. The fourth-order valence-electron chi connectivity index (χ4n) is 1.90. The molecule has 0 aliphatic carbocycles. The summed E-state index contributed by atoms with van der Waals surface area (Å²) in [7, 11) is 1.34. The van der Waals surface area contributed by atoms with Crippen LogP contribution < -0.4 is 14.8 Å². The van der Waals surface area contributed by atoms with Gasteiger partial charge in [0, 0.05) is 6.07 Å². The topological polar surface area (TPSA) is 90.7 Å². The van der Waals surface area contributed by atoms with Crippen molar-refractivity contribution in [2.75, 3.05) is 12.4 Å². The fourth-order valence-corrected chi connectivity index (χ4v) is 1.90. The van der Waals surface area contributed by atoms with E-state index in [4.69, 9.17) is 9.47 Å². The summed E-state index contributed by atoms with van der Waals surface area (Å²) in [5.41, 5.74) is 0.128. The number of anilines is 1. The molecule has 0 aliphatic heterocycles. The molecule has 8 heteroatoms. The number of methoxy groups -OCH3 is 1. The van der Waals surface area contributed by atoms with Gasteiger partial charge in [0.05, 0.1) is 23.8 Å². The molecule has 0 aromatic heterocycles. The number of carbonyl (C=O) groups excluding carboxylic acids is 1. The summed E-state index contributed by atoms with van der Waals surface area (Å²) in [4.78, 5) is 22.4. The SMILES string of the molecule is COc1cc([N+](=O)[O-])ccc1NC(=O)[C@@H](C)Oc1ccc(F)cc1. The molecule has 0 bridgehead atoms. The van der Waals surface area contributed by atoms with Gasteiger partial charge >= 0.3 is 0 Å². The first-order valence-electron chi connectivity index (χ1n) is 6.96. The lowest BCUT2D eigenvalue weighted by molar-refractivity contribution is -0.384. The van der Waals surface area contributed by atoms with Crippen LogP contribution in [0.3, 0.4) is 0 Å². The summed E-state index contributed by atoms with van der Waals surface area (Å²) in [6.07, 6.45) is -0.865. The van der Waals surface area contributed by atoms with E-state index in [1.165, 1.54) is 56.5 Å². The van der Waals surface area contributed by atoms with Crippen molar-refractivity contribution < 1.29 is 23.6 Å². The van der Waals surface area contributed by atoms with E-state index in [9.17, 15) is 19.3 Å². The Kier molecular flexibility index (Phi) is 5.31. The largest absolute Gasteiger partial charge is 0.494 e. The molecule has 0 fully saturated rings. The summed E-state index contributed by atoms with van der Waals surface area (Å²) in [6.45, 7) is 1.52. The van der Waals surface area contributed by atoms with Gasteiger partial charge in [0.15, 0.2) is 6.10 Å². The van der Waals surface area contributed by atoms with E-state index in [1.54, 1.807) is 0 Å². The second-order valence-corrected chi connectivity index (χ2v) is 4.84.